The van der Waals surface area contributed by atoms with Crippen LogP contribution >= 0.6 is 24.0 Å². The molecule has 2 N–H and O–H groups in total. The lowest BCUT2D eigenvalue weighted by molar-refractivity contribution is -0.137. The number of nitrogens with one attached hydrogen (secondary N) is 2. The molecule has 0 aromatic heterocycles. The quantitative estimate of drug-likeness (QED) is 0.347. The molecule has 1 heterocycles. The van der Waals surface area contributed by atoms with Crippen LogP contribution in [0.15, 0.2) is 29.3 Å². The maximum absolute atomic E-state index is 12.8. The van der Waals surface area contributed by atoms with Gasteiger partial charge in [-0.3, -0.25) is 4.90 Å². The molecule has 1 aliphatic rings. The van der Waals surface area contributed by atoms with E-state index in [0.29, 0.717) is 24.6 Å². The molecule has 0 saturated carbocycles. The van der Waals surface area contributed by atoms with Gasteiger partial charge in [0.25, 0.3) is 0 Å². The van der Waals surface area contributed by atoms with Crippen LogP contribution in [0.1, 0.15) is 31.9 Å². The number of nitrogens with zero attached hydrogens (tertiary/aromatic N) is 2. The van der Waals surface area contributed by atoms with Gasteiger partial charge in [-0.15, -0.1) is 24.0 Å². The number of hydrogen-bond donors (Lipinski definition) is 2. The first-order valence-corrected chi connectivity index (χ1v) is 9.23. The van der Waals surface area contributed by atoms with Crippen LogP contribution in [0.25, 0.3) is 0 Å². The second-order valence-electron chi connectivity index (χ2n) is 7.16. The van der Waals surface area contributed by atoms with E-state index in [-0.39, 0.29) is 36.1 Å². The minimum atomic E-state index is -4.34. The molecule has 0 aliphatic carbocycles. The Morgan fingerprint density at radius 2 is 1.86 bits per heavy atom. The van der Waals surface area contributed by atoms with Crippen LogP contribution in [0, 0.1) is 0 Å². The SMILES string of the molecule is CCNC(=NCc1cccc(C(F)(F)F)c1)NCC(C)(C)N1CCOCC1.I. The number of guanidine groups is 1. The Bertz CT molecular complexity index is 632. The predicted molar refractivity (Wildman–Crippen MR) is 116 cm³/mol. The van der Waals surface area contributed by atoms with Crippen LogP contribution in [0.5, 0.6) is 0 Å². The van der Waals surface area contributed by atoms with Crippen molar-refractivity contribution < 1.29 is 17.9 Å². The van der Waals surface area contributed by atoms with Gasteiger partial charge in [0.2, 0.25) is 0 Å². The molecule has 1 fully saturated rings. The normalized spacial score (nSPS) is 16.4. The Kier molecular flexibility index (Phi) is 9.99. The number of morpholine rings is 1. The number of rotatable bonds is 6. The van der Waals surface area contributed by atoms with Gasteiger partial charge < -0.3 is 15.4 Å². The van der Waals surface area contributed by atoms with Crippen LogP contribution in [0.4, 0.5) is 13.2 Å². The number of ether oxygens (including phenoxy) is 1. The molecule has 0 amide bonds. The minimum absolute atomic E-state index is 0. The summed E-state index contributed by atoms with van der Waals surface area (Å²) in [4.78, 5) is 6.80. The highest BCUT2D eigenvalue weighted by Gasteiger charge is 2.30. The van der Waals surface area contributed by atoms with Crippen molar-refractivity contribution in [2.75, 3.05) is 39.4 Å². The zero-order valence-corrected chi connectivity index (χ0v) is 18.9. The van der Waals surface area contributed by atoms with Gasteiger partial charge in [-0.2, -0.15) is 13.2 Å². The van der Waals surface area contributed by atoms with Gasteiger partial charge in [0.05, 0.1) is 25.3 Å². The summed E-state index contributed by atoms with van der Waals surface area (Å²) in [5.74, 6) is 0.594. The van der Waals surface area contributed by atoms with Gasteiger partial charge in [-0.25, -0.2) is 4.99 Å². The van der Waals surface area contributed by atoms with E-state index in [2.05, 4.69) is 34.4 Å². The maximum atomic E-state index is 12.8. The van der Waals surface area contributed by atoms with Crippen molar-refractivity contribution in [1.29, 1.82) is 0 Å². The Balaban J connectivity index is 0.00000392. The van der Waals surface area contributed by atoms with Gasteiger partial charge in [-0.05, 0) is 38.5 Å². The van der Waals surface area contributed by atoms with Crippen molar-refractivity contribution in [2.45, 2.75) is 39.0 Å². The standard InChI is InChI=1S/C19H29F3N4O.HI/c1-4-23-17(25-14-18(2,3)26-8-10-27-11-9-26)24-13-15-6-5-7-16(12-15)19(20,21)22;/h5-7,12H,4,8-11,13-14H2,1-3H3,(H2,23,24,25);1H. The molecule has 1 saturated heterocycles. The fraction of sp³-hybridized carbons (Fsp3) is 0.632. The summed E-state index contributed by atoms with van der Waals surface area (Å²) in [6.07, 6.45) is -4.34. The second kappa shape index (κ2) is 11.2. The average molecular weight is 514 g/mol. The van der Waals surface area contributed by atoms with Gasteiger partial charge in [0, 0.05) is 31.7 Å². The van der Waals surface area contributed by atoms with Crippen LogP contribution in [-0.4, -0.2) is 55.8 Å². The van der Waals surface area contributed by atoms with E-state index in [1.165, 1.54) is 6.07 Å². The van der Waals surface area contributed by atoms with E-state index < -0.39 is 11.7 Å². The molecule has 0 unspecified atom stereocenters. The van der Waals surface area contributed by atoms with Gasteiger partial charge in [0.1, 0.15) is 0 Å². The van der Waals surface area contributed by atoms with E-state index in [0.717, 1.165) is 38.4 Å². The van der Waals surface area contributed by atoms with Crippen molar-refractivity contribution in [1.82, 2.24) is 15.5 Å². The number of halogens is 4. The fourth-order valence-corrected chi connectivity index (χ4v) is 2.94. The molecule has 0 spiro atoms. The van der Waals surface area contributed by atoms with Crippen molar-refractivity contribution >= 4 is 29.9 Å². The molecule has 160 valence electrons. The molecule has 28 heavy (non-hydrogen) atoms. The lowest BCUT2D eigenvalue weighted by Crippen LogP contribution is -2.56. The third-order valence-electron chi connectivity index (χ3n) is 4.57. The van der Waals surface area contributed by atoms with Gasteiger partial charge in [-0.1, -0.05) is 12.1 Å². The molecular formula is C19H30F3IN4O. The van der Waals surface area contributed by atoms with Crippen molar-refractivity contribution in [3.63, 3.8) is 0 Å². The predicted octanol–water partition coefficient (Wildman–Crippen LogP) is 3.49. The first-order chi connectivity index (χ1) is 12.7. The van der Waals surface area contributed by atoms with Gasteiger partial charge in [0.15, 0.2) is 5.96 Å². The summed E-state index contributed by atoms with van der Waals surface area (Å²) in [5, 5.41) is 6.45. The minimum Gasteiger partial charge on any atom is -0.379 e. The largest absolute Gasteiger partial charge is 0.416 e. The van der Waals surface area contributed by atoms with Crippen LogP contribution in [0.2, 0.25) is 0 Å². The molecule has 1 aliphatic heterocycles. The first-order valence-electron chi connectivity index (χ1n) is 9.23. The van der Waals surface area contributed by atoms with Crippen LogP contribution < -0.4 is 10.6 Å². The molecule has 0 bridgehead atoms. The Morgan fingerprint density at radius 1 is 1.18 bits per heavy atom. The summed E-state index contributed by atoms with van der Waals surface area (Å²) >= 11 is 0. The van der Waals surface area contributed by atoms with E-state index in [9.17, 15) is 13.2 Å². The van der Waals surface area contributed by atoms with Crippen LogP contribution in [-0.2, 0) is 17.5 Å². The number of benzene rings is 1. The van der Waals surface area contributed by atoms with E-state index >= 15 is 0 Å². The zero-order chi connectivity index (χ0) is 19.9. The summed E-state index contributed by atoms with van der Waals surface area (Å²) in [7, 11) is 0. The molecule has 0 atom stereocenters. The second-order valence-corrected chi connectivity index (χ2v) is 7.16. The molecule has 1 aromatic carbocycles. The van der Waals surface area contributed by atoms with Gasteiger partial charge >= 0.3 is 6.18 Å². The Labute approximate surface area is 182 Å². The summed E-state index contributed by atoms with van der Waals surface area (Å²) < 4.78 is 43.9. The number of aliphatic imine (C=N–C) groups is 1. The number of hydrogen-bond acceptors (Lipinski definition) is 3. The maximum Gasteiger partial charge on any atom is 0.416 e. The monoisotopic (exact) mass is 514 g/mol. The van der Waals surface area contributed by atoms with E-state index in [1.807, 2.05) is 6.92 Å². The molecular weight excluding hydrogens is 484 g/mol. The van der Waals surface area contributed by atoms with E-state index in [1.54, 1.807) is 6.07 Å². The molecule has 5 nitrogen and oxygen atoms in total. The molecule has 0 radical (unpaired) electrons. The average Bonchev–Trinajstić information content (AvgIpc) is 2.64. The number of alkyl halides is 3. The third-order valence-corrected chi connectivity index (χ3v) is 4.57. The highest BCUT2D eigenvalue weighted by molar-refractivity contribution is 14.0. The smallest absolute Gasteiger partial charge is 0.379 e. The van der Waals surface area contributed by atoms with Crippen LogP contribution in [0.3, 0.4) is 0 Å². The van der Waals surface area contributed by atoms with Crippen molar-refractivity contribution in [2.24, 2.45) is 4.99 Å². The summed E-state index contributed by atoms with van der Waals surface area (Å²) in [6.45, 7) is 11.0. The molecule has 2 rings (SSSR count). The summed E-state index contributed by atoms with van der Waals surface area (Å²) in [5.41, 5.74) is -0.216. The fourth-order valence-electron chi connectivity index (χ4n) is 2.94. The van der Waals surface area contributed by atoms with Crippen molar-refractivity contribution in [3.05, 3.63) is 35.4 Å². The Hall–Kier alpha value is -1.07. The highest BCUT2D eigenvalue weighted by atomic mass is 127. The van der Waals surface area contributed by atoms with Crippen molar-refractivity contribution in [3.8, 4) is 0 Å². The van der Waals surface area contributed by atoms with E-state index in [4.69, 9.17) is 4.74 Å². The molecule has 9 heteroatoms. The third kappa shape index (κ3) is 7.75. The topological polar surface area (TPSA) is 48.9 Å². The lowest BCUT2D eigenvalue weighted by atomic mass is 10.0. The Morgan fingerprint density at radius 3 is 2.46 bits per heavy atom. The lowest BCUT2D eigenvalue weighted by Gasteiger charge is -2.41. The summed E-state index contributed by atoms with van der Waals surface area (Å²) in [6, 6.07) is 5.28. The first kappa shape index (κ1) is 25.0. The molecule has 1 aromatic rings. The highest BCUT2D eigenvalue weighted by Crippen LogP contribution is 2.29. The zero-order valence-electron chi connectivity index (χ0n) is 16.6.